The average Bonchev–Trinajstić information content (AvgIpc) is 2.27. The van der Waals surface area contributed by atoms with Crippen molar-refractivity contribution in [3.8, 4) is 5.75 Å². The third-order valence-corrected chi connectivity index (χ3v) is 3.05. The smallest absolute Gasteiger partial charge is 0.311 e. The minimum Gasteiger partial charge on any atom is -0.483 e. The van der Waals surface area contributed by atoms with Crippen molar-refractivity contribution >= 4 is 5.69 Å². The molecule has 0 aliphatic heterocycles. The Balaban J connectivity index is 2.17. The van der Waals surface area contributed by atoms with Crippen LogP contribution < -0.4 is 10.5 Å². The minimum atomic E-state index is -0.396. The Morgan fingerprint density at radius 2 is 2.24 bits per heavy atom. The fourth-order valence-electron chi connectivity index (χ4n) is 1.91. The summed E-state index contributed by atoms with van der Waals surface area (Å²) in [5.41, 5.74) is 6.64. The summed E-state index contributed by atoms with van der Waals surface area (Å²) < 4.78 is 5.59. The Kier molecular flexibility index (Phi) is 3.28. The molecule has 5 nitrogen and oxygen atoms in total. The van der Waals surface area contributed by atoms with Gasteiger partial charge in [0.2, 0.25) is 0 Å². The molecule has 1 aliphatic rings. The molecule has 2 rings (SSSR count). The maximum Gasteiger partial charge on any atom is 0.311 e. The molecule has 1 fully saturated rings. The second-order valence-corrected chi connectivity index (χ2v) is 4.38. The van der Waals surface area contributed by atoms with E-state index >= 15 is 0 Å². The molecule has 0 bridgehead atoms. The van der Waals surface area contributed by atoms with Crippen LogP contribution >= 0.6 is 0 Å². The Bertz CT molecular complexity index is 428. The van der Waals surface area contributed by atoms with Crippen molar-refractivity contribution in [2.45, 2.75) is 38.3 Å². The normalized spacial score (nSPS) is 22.9. The standard InChI is InChI=1S/C12H16N2O3/c1-2-8-3-4-12(11(5-8)14(15)16)17-10-6-9(13)7-10/h3-5,9-10H,2,6-7,13H2,1H3. The van der Waals surface area contributed by atoms with E-state index in [1.54, 1.807) is 12.1 Å². The number of nitrogens with two attached hydrogens (primary N) is 1. The summed E-state index contributed by atoms with van der Waals surface area (Å²) in [5, 5.41) is 10.9. The lowest BCUT2D eigenvalue weighted by atomic mass is 9.90. The molecular weight excluding hydrogens is 220 g/mol. The third-order valence-electron chi connectivity index (χ3n) is 3.05. The first kappa shape index (κ1) is 11.9. The van der Waals surface area contributed by atoms with Crippen LogP contribution in [0.3, 0.4) is 0 Å². The van der Waals surface area contributed by atoms with Crippen LogP contribution in [0.25, 0.3) is 0 Å². The van der Waals surface area contributed by atoms with Crippen molar-refractivity contribution < 1.29 is 9.66 Å². The van der Waals surface area contributed by atoms with Gasteiger partial charge in [0.1, 0.15) is 6.10 Å². The number of aryl methyl sites for hydroxylation is 1. The molecule has 1 aromatic carbocycles. The van der Waals surface area contributed by atoms with E-state index in [1.165, 1.54) is 0 Å². The molecule has 1 aliphatic carbocycles. The fraction of sp³-hybridized carbons (Fsp3) is 0.500. The van der Waals surface area contributed by atoms with Crippen LogP contribution in [0.5, 0.6) is 5.75 Å². The molecule has 0 saturated heterocycles. The molecule has 0 unspecified atom stereocenters. The molecule has 0 heterocycles. The van der Waals surface area contributed by atoms with Crippen LogP contribution in [0.15, 0.2) is 18.2 Å². The van der Waals surface area contributed by atoms with Gasteiger partial charge in [-0.2, -0.15) is 0 Å². The van der Waals surface area contributed by atoms with Crippen molar-refractivity contribution in [2.75, 3.05) is 0 Å². The molecule has 17 heavy (non-hydrogen) atoms. The van der Waals surface area contributed by atoms with Gasteiger partial charge in [-0.3, -0.25) is 10.1 Å². The topological polar surface area (TPSA) is 78.4 Å². The number of nitro benzene ring substituents is 1. The van der Waals surface area contributed by atoms with Crippen LogP contribution in [0, 0.1) is 10.1 Å². The quantitative estimate of drug-likeness (QED) is 0.640. The molecule has 2 N–H and O–H groups in total. The van der Waals surface area contributed by atoms with Gasteiger partial charge in [-0.05, 0) is 30.9 Å². The van der Waals surface area contributed by atoms with Gasteiger partial charge in [-0.15, -0.1) is 0 Å². The van der Waals surface area contributed by atoms with Crippen molar-refractivity contribution in [1.29, 1.82) is 0 Å². The molecule has 1 aromatic rings. The van der Waals surface area contributed by atoms with Gasteiger partial charge < -0.3 is 10.5 Å². The van der Waals surface area contributed by atoms with E-state index in [-0.39, 0.29) is 17.8 Å². The monoisotopic (exact) mass is 236 g/mol. The number of rotatable bonds is 4. The third kappa shape index (κ3) is 2.55. The number of ether oxygens (including phenoxy) is 1. The van der Waals surface area contributed by atoms with E-state index in [1.807, 2.05) is 13.0 Å². The van der Waals surface area contributed by atoms with E-state index < -0.39 is 4.92 Å². The Morgan fingerprint density at radius 3 is 2.76 bits per heavy atom. The van der Waals surface area contributed by atoms with E-state index in [9.17, 15) is 10.1 Å². The first-order valence-electron chi connectivity index (χ1n) is 5.79. The van der Waals surface area contributed by atoms with E-state index in [0.29, 0.717) is 5.75 Å². The van der Waals surface area contributed by atoms with Crippen LogP contribution in [-0.4, -0.2) is 17.1 Å². The first-order chi connectivity index (χ1) is 8.10. The predicted molar refractivity (Wildman–Crippen MR) is 64.1 cm³/mol. The lowest BCUT2D eigenvalue weighted by molar-refractivity contribution is -0.386. The van der Waals surface area contributed by atoms with Crippen LogP contribution in [0.2, 0.25) is 0 Å². The second kappa shape index (κ2) is 4.71. The Hall–Kier alpha value is -1.62. The molecule has 0 aromatic heterocycles. The molecule has 1 saturated carbocycles. The summed E-state index contributed by atoms with van der Waals surface area (Å²) in [6, 6.07) is 5.30. The van der Waals surface area contributed by atoms with E-state index in [4.69, 9.17) is 10.5 Å². The zero-order chi connectivity index (χ0) is 12.4. The molecule has 5 heteroatoms. The van der Waals surface area contributed by atoms with Gasteiger partial charge in [-0.1, -0.05) is 13.0 Å². The highest BCUT2D eigenvalue weighted by Gasteiger charge is 2.29. The van der Waals surface area contributed by atoms with Gasteiger partial charge in [0.15, 0.2) is 5.75 Å². The summed E-state index contributed by atoms with van der Waals surface area (Å²) in [5.74, 6) is 0.351. The highest BCUT2D eigenvalue weighted by molar-refractivity contribution is 5.48. The molecule has 0 amide bonds. The highest BCUT2D eigenvalue weighted by atomic mass is 16.6. The number of hydrogen-bond acceptors (Lipinski definition) is 4. The first-order valence-corrected chi connectivity index (χ1v) is 5.79. The predicted octanol–water partition coefficient (Wildman–Crippen LogP) is 2.03. The second-order valence-electron chi connectivity index (χ2n) is 4.38. The fourth-order valence-corrected chi connectivity index (χ4v) is 1.91. The Labute approximate surface area is 99.7 Å². The molecule has 0 spiro atoms. The highest BCUT2D eigenvalue weighted by Crippen LogP contribution is 2.32. The van der Waals surface area contributed by atoms with E-state index in [2.05, 4.69) is 0 Å². The van der Waals surface area contributed by atoms with Crippen molar-refractivity contribution in [2.24, 2.45) is 5.73 Å². The van der Waals surface area contributed by atoms with Crippen molar-refractivity contribution in [1.82, 2.24) is 0 Å². The number of benzene rings is 1. The zero-order valence-corrected chi connectivity index (χ0v) is 9.76. The average molecular weight is 236 g/mol. The van der Waals surface area contributed by atoms with Gasteiger partial charge in [0, 0.05) is 12.1 Å². The minimum absolute atomic E-state index is 0.0242. The lowest BCUT2D eigenvalue weighted by Gasteiger charge is -2.32. The SMILES string of the molecule is CCc1ccc(OC2CC(N)C2)c([N+](=O)[O-])c1. The molecular formula is C12H16N2O3. The Morgan fingerprint density at radius 1 is 1.53 bits per heavy atom. The lowest BCUT2D eigenvalue weighted by Crippen LogP contribution is -2.43. The van der Waals surface area contributed by atoms with Crippen molar-refractivity contribution in [3.05, 3.63) is 33.9 Å². The maximum absolute atomic E-state index is 10.9. The zero-order valence-electron chi connectivity index (χ0n) is 9.76. The maximum atomic E-state index is 10.9. The van der Waals surface area contributed by atoms with Crippen LogP contribution in [0.4, 0.5) is 5.69 Å². The summed E-state index contributed by atoms with van der Waals surface area (Å²) >= 11 is 0. The summed E-state index contributed by atoms with van der Waals surface area (Å²) in [4.78, 5) is 10.5. The van der Waals surface area contributed by atoms with Gasteiger partial charge in [-0.25, -0.2) is 0 Å². The summed E-state index contributed by atoms with van der Waals surface area (Å²) in [7, 11) is 0. The van der Waals surface area contributed by atoms with Crippen molar-refractivity contribution in [3.63, 3.8) is 0 Å². The molecule has 92 valence electrons. The van der Waals surface area contributed by atoms with E-state index in [0.717, 1.165) is 24.8 Å². The summed E-state index contributed by atoms with van der Waals surface area (Å²) in [6.45, 7) is 1.96. The number of nitro groups is 1. The summed E-state index contributed by atoms with van der Waals surface area (Å²) in [6.07, 6.45) is 2.34. The molecule has 0 radical (unpaired) electrons. The van der Waals surface area contributed by atoms with Gasteiger partial charge in [0.05, 0.1) is 4.92 Å². The molecule has 0 atom stereocenters. The van der Waals surface area contributed by atoms with Crippen LogP contribution in [0.1, 0.15) is 25.3 Å². The van der Waals surface area contributed by atoms with Crippen LogP contribution in [-0.2, 0) is 6.42 Å². The number of nitrogens with zero attached hydrogens (tertiary/aromatic N) is 1. The number of hydrogen-bond donors (Lipinski definition) is 1. The van der Waals surface area contributed by atoms with Gasteiger partial charge >= 0.3 is 5.69 Å². The largest absolute Gasteiger partial charge is 0.483 e. The van der Waals surface area contributed by atoms with Gasteiger partial charge in [0.25, 0.3) is 0 Å².